The first-order valence-corrected chi connectivity index (χ1v) is 7.41. The molecule has 0 aromatic carbocycles. The van der Waals surface area contributed by atoms with Crippen LogP contribution < -0.4 is 10.7 Å². The van der Waals surface area contributed by atoms with Gasteiger partial charge in [0.05, 0.1) is 0 Å². The molecule has 0 radical (unpaired) electrons. The third-order valence-electron chi connectivity index (χ3n) is 4.91. The lowest BCUT2D eigenvalue weighted by Crippen LogP contribution is -2.34. The molecule has 4 heteroatoms. The maximum Gasteiger partial charge on any atom is 0.187 e. The molecule has 2 N–H and O–H groups in total. The summed E-state index contributed by atoms with van der Waals surface area (Å²) < 4.78 is 0. The van der Waals surface area contributed by atoms with Crippen molar-refractivity contribution in [3.8, 4) is 0 Å². The predicted molar refractivity (Wildman–Crippen MR) is 78.4 cm³/mol. The molecule has 18 heavy (non-hydrogen) atoms. The van der Waals surface area contributed by atoms with E-state index in [0.717, 1.165) is 23.7 Å². The normalized spacial score (nSPS) is 38.8. The predicted octanol–water partition coefficient (Wildman–Crippen LogP) is 2.45. The van der Waals surface area contributed by atoms with Crippen LogP contribution >= 0.6 is 12.2 Å². The van der Waals surface area contributed by atoms with Crippen molar-refractivity contribution in [2.45, 2.75) is 32.1 Å². The lowest BCUT2D eigenvalue weighted by Gasteiger charge is -2.25. The number of hydrogen-bond acceptors (Lipinski definition) is 2. The Balaban J connectivity index is 1.58. The Morgan fingerprint density at radius 1 is 1.44 bits per heavy atom. The summed E-state index contributed by atoms with van der Waals surface area (Å²) in [6, 6.07) is 0. The molecule has 0 spiro atoms. The van der Waals surface area contributed by atoms with E-state index in [1.807, 2.05) is 0 Å². The summed E-state index contributed by atoms with van der Waals surface area (Å²) in [4.78, 5) is 0. The molecule has 0 aromatic heterocycles. The van der Waals surface area contributed by atoms with Gasteiger partial charge in [0, 0.05) is 18.2 Å². The van der Waals surface area contributed by atoms with Gasteiger partial charge < -0.3 is 5.32 Å². The maximum absolute atomic E-state index is 5.16. The van der Waals surface area contributed by atoms with Crippen LogP contribution in [0.25, 0.3) is 0 Å². The highest BCUT2D eigenvalue weighted by molar-refractivity contribution is 7.80. The Morgan fingerprint density at radius 2 is 2.28 bits per heavy atom. The van der Waals surface area contributed by atoms with E-state index >= 15 is 0 Å². The van der Waals surface area contributed by atoms with Crippen LogP contribution in [0.3, 0.4) is 0 Å². The Hall–Kier alpha value is -0.900. The molecule has 3 aliphatic rings. The summed E-state index contributed by atoms with van der Waals surface area (Å²) in [5.74, 6) is 3.61. The molecule has 3 aliphatic carbocycles. The van der Waals surface area contributed by atoms with E-state index in [0.29, 0.717) is 11.7 Å². The second-order valence-electron chi connectivity index (χ2n) is 5.78. The highest BCUT2D eigenvalue weighted by Crippen LogP contribution is 2.57. The lowest BCUT2D eigenvalue weighted by molar-refractivity contribution is 0.333. The van der Waals surface area contributed by atoms with Gasteiger partial charge in [-0.1, -0.05) is 12.5 Å². The third kappa shape index (κ3) is 2.07. The Morgan fingerprint density at radius 3 is 3.11 bits per heavy atom. The fourth-order valence-corrected chi connectivity index (χ4v) is 4.40. The van der Waals surface area contributed by atoms with E-state index in [2.05, 4.69) is 22.4 Å². The molecule has 0 saturated heterocycles. The number of nitrogens with zero attached hydrogens (tertiary/aromatic N) is 1. The van der Waals surface area contributed by atoms with E-state index in [1.165, 1.54) is 37.8 Å². The number of rotatable bonds is 3. The van der Waals surface area contributed by atoms with Gasteiger partial charge in [-0.3, -0.25) is 5.43 Å². The minimum Gasteiger partial charge on any atom is -0.358 e. The van der Waals surface area contributed by atoms with Gasteiger partial charge >= 0.3 is 0 Å². The SMILES string of the molecule is C=CCNC(=S)NN=C1C[C@H]2C[C@H]1[C@@H]1CCC[C@@H]21. The molecule has 2 bridgehead atoms. The maximum atomic E-state index is 5.16. The van der Waals surface area contributed by atoms with Gasteiger partial charge in [0.1, 0.15) is 0 Å². The first kappa shape index (κ1) is 12.2. The van der Waals surface area contributed by atoms with Crippen molar-refractivity contribution >= 4 is 23.0 Å². The van der Waals surface area contributed by atoms with E-state index in [1.54, 1.807) is 6.08 Å². The highest BCUT2D eigenvalue weighted by atomic mass is 32.1. The molecular weight excluding hydrogens is 242 g/mol. The largest absolute Gasteiger partial charge is 0.358 e. The summed E-state index contributed by atoms with van der Waals surface area (Å²) in [5.41, 5.74) is 4.35. The van der Waals surface area contributed by atoms with Gasteiger partial charge in [-0.05, 0) is 55.7 Å². The molecule has 0 amide bonds. The Kier molecular flexibility index (Phi) is 3.37. The Labute approximate surface area is 114 Å². The standard InChI is InChI=1S/C14H21N3S/c1-2-6-15-14(18)17-16-13-8-9-7-12(13)11-5-3-4-10(9)11/h2,9-12H,1,3-8H2,(H2,15,17,18)/t9-,10+,11-,12+/m1/s1. The van der Waals surface area contributed by atoms with Crippen LogP contribution in [0.15, 0.2) is 17.8 Å². The fraction of sp³-hybridized carbons (Fsp3) is 0.714. The summed E-state index contributed by atoms with van der Waals surface area (Å²) in [7, 11) is 0. The molecule has 0 heterocycles. The molecule has 0 aromatic rings. The lowest BCUT2D eigenvalue weighted by atomic mass is 9.81. The molecule has 0 aliphatic heterocycles. The van der Waals surface area contributed by atoms with E-state index < -0.39 is 0 Å². The summed E-state index contributed by atoms with van der Waals surface area (Å²) in [6.45, 7) is 4.34. The molecule has 3 fully saturated rings. The third-order valence-corrected chi connectivity index (χ3v) is 5.15. The van der Waals surface area contributed by atoms with Gasteiger partial charge in [0.2, 0.25) is 0 Å². The molecule has 3 nitrogen and oxygen atoms in total. The zero-order valence-corrected chi connectivity index (χ0v) is 11.5. The first-order valence-electron chi connectivity index (χ1n) is 7.00. The van der Waals surface area contributed by atoms with Crippen molar-refractivity contribution in [2.24, 2.45) is 28.8 Å². The van der Waals surface area contributed by atoms with Crippen molar-refractivity contribution in [3.63, 3.8) is 0 Å². The van der Waals surface area contributed by atoms with Crippen molar-refractivity contribution in [3.05, 3.63) is 12.7 Å². The summed E-state index contributed by atoms with van der Waals surface area (Å²) in [6.07, 6.45) is 8.69. The second kappa shape index (κ2) is 5.00. The zero-order chi connectivity index (χ0) is 12.5. The van der Waals surface area contributed by atoms with Gasteiger partial charge in [0.15, 0.2) is 5.11 Å². The molecule has 0 unspecified atom stereocenters. The van der Waals surface area contributed by atoms with Gasteiger partial charge in [-0.15, -0.1) is 6.58 Å². The Bertz CT molecular complexity index is 391. The van der Waals surface area contributed by atoms with Gasteiger partial charge in [-0.25, -0.2) is 0 Å². The zero-order valence-electron chi connectivity index (χ0n) is 10.7. The van der Waals surface area contributed by atoms with Crippen LogP contribution in [0, 0.1) is 23.7 Å². The number of fused-ring (bicyclic) bond motifs is 5. The van der Waals surface area contributed by atoms with Crippen molar-refractivity contribution in [2.75, 3.05) is 6.54 Å². The molecule has 3 saturated carbocycles. The average Bonchev–Trinajstić information content (AvgIpc) is 3.04. The van der Waals surface area contributed by atoms with E-state index in [9.17, 15) is 0 Å². The number of hydrazone groups is 1. The fourth-order valence-electron chi connectivity index (χ4n) is 4.27. The van der Waals surface area contributed by atoms with Crippen LogP contribution in [0.1, 0.15) is 32.1 Å². The molecule has 4 atom stereocenters. The van der Waals surface area contributed by atoms with Crippen LogP contribution in [-0.2, 0) is 0 Å². The second-order valence-corrected chi connectivity index (χ2v) is 6.19. The topological polar surface area (TPSA) is 36.4 Å². The van der Waals surface area contributed by atoms with Crippen molar-refractivity contribution < 1.29 is 0 Å². The first-order chi connectivity index (χ1) is 8.79. The number of thiocarbonyl (C=S) groups is 1. The number of hydrogen-bond donors (Lipinski definition) is 2. The number of nitrogens with one attached hydrogen (secondary N) is 2. The summed E-state index contributed by atoms with van der Waals surface area (Å²) in [5, 5.41) is 8.19. The van der Waals surface area contributed by atoms with Gasteiger partial charge in [-0.2, -0.15) is 5.10 Å². The highest BCUT2D eigenvalue weighted by Gasteiger charge is 2.52. The minimum atomic E-state index is 0.605. The van der Waals surface area contributed by atoms with Crippen LogP contribution in [0.4, 0.5) is 0 Å². The van der Waals surface area contributed by atoms with Crippen LogP contribution in [0.5, 0.6) is 0 Å². The van der Waals surface area contributed by atoms with Crippen LogP contribution in [0.2, 0.25) is 0 Å². The van der Waals surface area contributed by atoms with Crippen molar-refractivity contribution in [1.82, 2.24) is 10.7 Å². The average molecular weight is 263 g/mol. The van der Waals surface area contributed by atoms with Crippen LogP contribution in [-0.4, -0.2) is 17.4 Å². The minimum absolute atomic E-state index is 0.605. The van der Waals surface area contributed by atoms with Gasteiger partial charge in [0.25, 0.3) is 0 Å². The summed E-state index contributed by atoms with van der Waals surface area (Å²) >= 11 is 5.16. The van der Waals surface area contributed by atoms with E-state index in [4.69, 9.17) is 12.2 Å². The molecule has 3 rings (SSSR count). The molecular formula is C14H21N3S. The monoisotopic (exact) mass is 263 g/mol. The molecule has 98 valence electrons. The van der Waals surface area contributed by atoms with Crippen molar-refractivity contribution in [1.29, 1.82) is 0 Å². The smallest absolute Gasteiger partial charge is 0.187 e. The van der Waals surface area contributed by atoms with E-state index in [-0.39, 0.29) is 0 Å². The quantitative estimate of drug-likeness (QED) is 0.466.